The molecule has 154 valence electrons. The normalized spacial score (nSPS) is 17.9. The van der Waals surface area contributed by atoms with Crippen molar-refractivity contribution in [2.45, 2.75) is 33.6 Å². The van der Waals surface area contributed by atoms with E-state index < -0.39 is 5.97 Å². The molecule has 1 aromatic heterocycles. The number of aromatic nitrogens is 1. The van der Waals surface area contributed by atoms with E-state index in [2.05, 4.69) is 26.8 Å². The highest BCUT2D eigenvalue weighted by Gasteiger charge is 2.35. The van der Waals surface area contributed by atoms with E-state index in [-0.39, 0.29) is 5.41 Å². The van der Waals surface area contributed by atoms with Gasteiger partial charge >= 0.3 is 5.97 Å². The van der Waals surface area contributed by atoms with E-state index >= 15 is 0 Å². The Morgan fingerprint density at radius 2 is 1.83 bits per heavy atom. The first-order valence-corrected chi connectivity index (χ1v) is 10.7. The molecule has 2 aromatic carbocycles. The number of pyridine rings is 1. The number of nitrogens with zero attached hydrogens (tertiary/aromatic N) is 1. The molecule has 0 radical (unpaired) electrons. The molecule has 1 aliphatic rings. The van der Waals surface area contributed by atoms with E-state index in [9.17, 15) is 9.90 Å². The molecule has 5 heteroatoms. The maximum absolute atomic E-state index is 12.3. The number of benzene rings is 2. The third kappa shape index (κ3) is 3.84. The number of aromatic carboxylic acids is 1. The zero-order valence-corrected chi connectivity index (χ0v) is 18.7. The molecule has 0 saturated heterocycles. The van der Waals surface area contributed by atoms with E-state index in [0.717, 1.165) is 28.8 Å². The molecule has 1 aliphatic carbocycles. The Morgan fingerprint density at radius 3 is 2.50 bits per heavy atom. The molecule has 1 heterocycles. The molecule has 1 atom stereocenters. The lowest BCUT2D eigenvalue weighted by atomic mass is 9.69. The van der Waals surface area contributed by atoms with Gasteiger partial charge in [-0.05, 0) is 65.1 Å². The van der Waals surface area contributed by atoms with Crippen molar-refractivity contribution < 1.29 is 9.90 Å². The summed E-state index contributed by atoms with van der Waals surface area (Å²) < 4.78 is 0. The minimum absolute atomic E-state index is 0.0237. The number of fused-ring (bicyclic) bond motifs is 2. The fourth-order valence-electron chi connectivity index (χ4n) is 4.18. The van der Waals surface area contributed by atoms with Gasteiger partial charge in [0.2, 0.25) is 0 Å². The lowest BCUT2D eigenvalue weighted by Crippen LogP contribution is -2.28. The van der Waals surface area contributed by atoms with Crippen LogP contribution in [0.15, 0.2) is 42.5 Å². The van der Waals surface area contributed by atoms with Gasteiger partial charge in [-0.15, -0.1) is 0 Å². The average Bonchev–Trinajstić information content (AvgIpc) is 2.68. The molecular weight excluding hydrogens is 417 g/mol. The standard InChI is InChI=1S/C25H23Cl2NO2/c1-25(2,3)16-12-15(10-14-8-9-19(26)20(27)11-14)23-18(13-16)22(24(29)30)17-6-4-5-7-21(17)28-23/h4-11,16H,12-13H2,1-3H3,(H,29,30)/b15-10-/t16-/m1/s1. The van der Waals surface area contributed by atoms with Crippen LogP contribution in [0.4, 0.5) is 0 Å². The first-order chi connectivity index (χ1) is 14.1. The van der Waals surface area contributed by atoms with Gasteiger partial charge in [0.25, 0.3) is 0 Å². The fourth-order valence-corrected chi connectivity index (χ4v) is 4.49. The van der Waals surface area contributed by atoms with E-state index in [1.54, 1.807) is 6.07 Å². The van der Waals surface area contributed by atoms with Crippen molar-refractivity contribution >= 4 is 51.7 Å². The summed E-state index contributed by atoms with van der Waals surface area (Å²) in [6, 6.07) is 13.0. The Balaban J connectivity index is 1.99. The van der Waals surface area contributed by atoms with Gasteiger partial charge in [0, 0.05) is 5.39 Å². The number of allylic oxidation sites excluding steroid dienone is 1. The molecule has 3 aromatic rings. The number of rotatable bonds is 2. The fraction of sp³-hybridized carbons (Fsp3) is 0.280. The highest BCUT2D eigenvalue weighted by Crippen LogP contribution is 2.44. The average molecular weight is 440 g/mol. The second-order valence-electron chi connectivity index (χ2n) is 8.95. The van der Waals surface area contributed by atoms with Gasteiger partial charge in [0.05, 0.1) is 26.8 Å². The summed E-state index contributed by atoms with van der Waals surface area (Å²) in [5.74, 6) is -0.617. The largest absolute Gasteiger partial charge is 0.478 e. The predicted octanol–water partition coefficient (Wildman–Crippen LogP) is 7.39. The molecule has 0 fully saturated rings. The summed E-state index contributed by atoms with van der Waals surface area (Å²) in [5, 5.41) is 11.8. The Labute approximate surface area is 186 Å². The lowest BCUT2D eigenvalue weighted by Gasteiger charge is -2.36. The van der Waals surface area contributed by atoms with E-state index in [0.29, 0.717) is 38.9 Å². The summed E-state index contributed by atoms with van der Waals surface area (Å²) in [4.78, 5) is 17.2. The number of para-hydroxylation sites is 1. The van der Waals surface area contributed by atoms with Crippen LogP contribution in [0.2, 0.25) is 10.0 Å². The molecule has 1 N–H and O–H groups in total. The minimum atomic E-state index is -0.909. The number of halogens is 2. The molecule has 0 aliphatic heterocycles. The van der Waals surface area contributed by atoms with Crippen LogP contribution in [0.25, 0.3) is 22.6 Å². The second kappa shape index (κ2) is 7.72. The van der Waals surface area contributed by atoms with Crippen molar-refractivity contribution in [1.29, 1.82) is 0 Å². The van der Waals surface area contributed by atoms with Crippen LogP contribution in [0.1, 0.15) is 54.4 Å². The van der Waals surface area contributed by atoms with Gasteiger partial charge in [0.15, 0.2) is 0 Å². The van der Waals surface area contributed by atoms with Gasteiger partial charge in [0.1, 0.15) is 0 Å². The highest BCUT2D eigenvalue weighted by atomic mass is 35.5. The first kappa shape index (κ1) is 20.9. The topological polar surface area (TPSA) is 50.2 Å². The van der Waals surface area contributed by atoms with Gasteiger partial charge in [-0.3, -0.25) is 0 Å². The minimum Gasteiger partial charge on any atom is -0.478 e. The quantitative estimate of drug-likeness (QED) is 0.452. The molecule has 0 saturated carbocycles. The van der Waals surface area contributed by atoms with E-state index in [1.165, 1.54) is 0 Å². The molecule has 0 unspecified atom stereocenters. The lowest BCUT2D eigenvalue weighted by molar-refractivity contribution is 0.0696. The maximum atomic E-state index is 12.3. The Hall–Kier alpha value is -2.36. The number of hydrogen-bond acceptors (Lipinski definition) is 2. The maximum Gasteiger partial charge on any atom is 0.336 e. The monoisotopic (exact) mass is 439 g/mol. The van der Waals surface area contributed by atoms with Crippen molar-refractivity contribution in [3.63, 3.8) is 0 Å². The van der Waals surface area contributed by atoms with Crippen molar-refractivity contribution in [1.82, 2.24) is 4.98 Å². The molecule has 30 heavy (non-hydrogen) atoms. The van der Waals surface area contributed by atoms with Gasteiger partial charge in [-0.1, -0.05) is 68.2 Å². The van der Waals surface area contributed by atoms with E-state index in [1.807, 2.05) is 36.4 Å². The van der Waals surface area contributed by atoms with Gasteiger partial charge in [-0.25, -0.2) is 9.78 Å². The zero-order chi connectivity index (χ0) is 21.6. The highest BCUT2D eigenvalue weighted by molar-refractivity contribution is 6.42. The molecule has 0 spiro atoms. The molecule has 0 amide bonds. The van der Waals surface area contributed by atoms with Crippen molar-refractivity contribution in [2.24, 2.45) is 11.3 Å². The third-order valence-corrected chi connectivity index (χ3v) is 6.68. The van der Waals surface area contributed by atoms with Gasteiger partial charge in [-0.2, -0.15) is 0 Å². The van der Waals surface area contributed by atoms with Gasteiger partial charge < -0.3 is 5.11 Å². The number of carbonyl (C=O) groups is 1. The Bertz CT molecular complexity index is 1190. The molecule has 4 rings (SSSR count). The van der Waals surface area contributed by atoms with E-state index in [4.69, 9.17) is 28.2 Å². The number of carboxylic acids is 1. The van der Waals surface area contributed by atoms with Crippen LogP contribution in [0, 0.1) is 11.3 Å². The molecule has 0 bridgehead atoms. The Morgan fingerprint density at radius 1 is 1.10 bits per heavy atom. The SMILES string of the molecule is CC(C)(C)[C@@H]1C/C(=C/c2ccc(Cl)c(Cl)c2)c2nc3ccccc3c(C(=O)O)c2C1. The van der Waals surface area contributed by atoms with Crippen LogP contribution < -0.4 is 0 Å². The predicted molar refractivity (Wildman–Crippen MR) is 124 cm³/mol. The third-order valence-electron chi connectivity index (χ3n) is 5.94. The second-order valence-corrected chi connectivity index (χ2v) is 9.76. The zero-order valence-electron chi connectivity index (χ0n) is 17.2. The van der Waals surface area contributed by atoms with Crippen LogP contribution >= 0.6 is 23.2 Å². The summed E-state index contributed by atoms with van der Waals surface area (Å²) >= 11 is 12.3. The summed E-state index contributed by atoms with van der Waals surface area (Å²) in [6.07, 6.45) is 3.57. The summed E-state index contributed by atoms with van der Waals surface area (Å²) in [7, 11) is 0. The van der Waals surface area contributed by atoms with Crippen LogP contribution in [0.3, 0.4) is 0 Å². The summed E-state index contributed by atoms with van der Waals surface area (Å²) in [6.45, 7) is 6.61. The van der Waals surface area contributed by atoms with Crippen LogP contribution in [-0.2, 0) is 6.42 Å². The van der Waals surface area contributed by atoms with Crippen LogP contribution in [0.5, 0.6) is 0 Å². The van der Waals surface area contributed by atoms with Crippen molar-refractivity contribution in [2.75, 3.05) is 0 Å². The number of carboxylic acid groups (broad SMARTS) is 1. The Kier molecular flexibility index (Phi) is 5.37. The van der Waals surface area contributed by atoms with Crippen molar-refractivity contribution in [3.8, 4) is 0 Å². The van der Waals surface area contributed by atoms with Crippen LogP contribution in [-0.4, -0.2) is 16.1 Å². The first-order valence-electron chi connectivity index (χ1n) is 9.96. The summed E-state index contributed by atoms with van der Waals surface area (Å²) in [5.41, 5.74) is 4.63. The van der Waals surface area contributed by atoms with Crippen molar-refractivity contribution in [3.05, 3.63) is 74.9 Å². The number of hydrogen-bond donors (Lipinski definition) is 1. The smallest absolute Gasteiger partial charge is 0.336 e. The molecule has 3 nitrogen and oxygen atoms in total. The molecular formula is C25H23Cl2NO2.